The van der Waals surface area contributed by atoms with E-state index in [9.17, 15) is 0 Å². The van der Waals surface area contributed by atoms with Gasteiger partial charge in [-0.25, -0.2) is 0 Å². The number of rotatable bonds is 0. The van der Waals surface area contributed by atoms with Gasteiger partial charge in [0.1, 0.15) is 0 Å². The average molecular weight is 249 g/mol. The van der Waals surface area contributed by atoms with Crippen LogP contribution >= 0.6 is 27.5 Å². The van der Waals surface area contributed by atoms with Gasteiger partial charge in [0.15, 0.2) is 5.75 Å². The molecule has 1 N–H and O–H groups in total. The zero-order chi connectivity index (χ0) is 8.55. The van der Waals surface area contributed by atoms with E-state index in [0.29, 0.717) is 0 Å². The van der Waals surface area contributed by atoms with Crippen molar-refractivity contribution in [3.05, 3.63) is 27.2 Å². The van der Waals surface area contributed by atoms with Crippen LogP contribution in [-0.2, 0) is 6.42 Å². The lowest BCUT2D eigenvalue weighted by atomic mass is 10.1. The largest absolute Gasteiger partial charge is 0.407 e. The average Bonchev–Trinajstić information content (AvgIpc) is 2.12. The van der Waals surface area contributed by atoms with Gasteiger partial charge in [0.25, 0.3) is 0 Å². The lowest BCUT2D eigenvalue weighted by Gasteiger charge is -2.19. The molecular formula is C8H7BrClNO. The third-order valence-corrected chi connectivity index (χ3v) is 2.79. The van der Waals surface area contributed by atoms with Crippen LogP contribution in [0.3, 0.4) is 0 Å². The van der Waals surface area contributed by atoms with Gasteiger partial charge in [0, 0.05) is 17.1 Å². The number of hydrogen-bond donors (Lipinski definition) is 1. The Balaban J connectivity index is 2.57. The summed E-state index contributed by atoms with van der Waals surface area (Å²) in [5.41, 5.74) is 3.89. The van der Waals surface area contributed by atoms with Crippen LogP contribution in [0, 0.1) is 0 Å². The van der Waals surface area contributed by atoms with E-state index < -0.39 is 0 Å². The molecule has 4 heteroatoms. The third-order valence-electron chi connectivity index (χ3n) is 1.81. The molecule has 0 amide bonds. The second-order valence-electron chi connectivity index (χ2n) is 2.58. The van der Waals surface area contributed by atoms with Crippen LogP contribution in [-0.4, -0.2) is 6.54 Å². The lowest BCUT2D eigenvalue weighted by molar-refractivity contribution is 0.178. The highest BCUT2D eigenvalue weighted by Crippen LogP contribution is 2.35. The van der Waals surface area contributed by atoms with E-state index in [-0.39, 0.29) is 0 Å². The van der Waals surface area contributed by atoms with Crippen molar-refractivity contribution in [1.29, 1.82) is 0 Å². The SMILES string of the molecule is Clc1ccc(Br)c2c1CCNO2. The van der Waals surface area contributed by atoms with E-state index in [1.807, 2.05) is 12.1 Å². The highest BCUT2D eigenvalue weighted by molar-refractivity contribution is 9.10. The number of halogens is 2. The Hall–Kier alpha value is -0.250. The van der Waals surface area contributed by atoms with Gasteiger partial charge in [0.2, 0.25) is 0 Å². The van der Waals surface area contributed by atoms with Gasteiger partial charge < -0.3 is 4.84 Å². The summed E-state index contributed by atoms with van der Waals surface area (Å²) in [7, 11) is 0. The number of benzene rings is 1. The topological polar surface area (TPSA) is 21.3 Å². The molecular weight excluding hydrogens is 241 g/mol. The molecule has 0 unspecified atom stereocenters. The molecule has 1 heterocycles. The fraction of sp³-hybridized carbons (Fsp3) is 0.250. The Kier molecular flexibility index (Phi) is 2.26. The lowest BCUT2D eigenvalue weighted by Crippen LogP contribution is -2.27. The molecule has 12 heavy (non-hydrogen) atoms. The minimum atomic E-state index is 0.773. The summed E-state index contributed by atoms with van der Waals surface area (Å²) in [5, 5.41) is 0.773. The fourth-order valence-electron chi connectivity index (χ4n) is 1.22. The van der Waals surface area contributed by atoms with Crippen molar-refractivity contribution >= 4 is 27.5 Å². The molecule has 0 bridgehead atoms. The smallest absolute Gasteiger partial charge is 0.166 e. The second-order valence-corrected chi connectivity index (χ2v) is 3.84. The minimum Gasteiger partial charge on any atom is -0.407 e. The first-order valence-corrected chi connectivity index (χ1v) is 4.82. The van der Waals surface area contributed by atoms with Crippen LogP contribution in [0.4, 0.5) is 0 Å². The molecule has 0 aliphatic carbocycles. The molecule has 0 saturated heterocycles. The summed E-state index contributed by atoms with van der Waals surface area (Å²) in [6, 6.07) is 3.76. The summed E-state index contributed by atoms with van der Waals surface area (Å²) < 4.78 is 0.939. The summed E-state index contributed by atoms with van der Waals surface area (Å²) in [6.45, 7) is 0.809. The van der Waals surface area contributed by atoms with Crippen LogP contribution in [0.25, 0.3) is 0 Å². The molecule has 2 nitrogen and oxygen atoms in total. The first kappa shape index (κ1) is 8.35. The van der Waals surface area contributed by atoms with E-state index >= 15 is 0 Å². The fourth-order valence-corrected chi connectivity index (χ4v) is 1.91. The van der Waals surface area contributed by atoms with Gasteiger partial charge in [0.05, 0.1) is 4.47 Å². The summed E-state index contributed by atoms with van der Waals surface area (Å²) in [5.74, 6) is 0.814. The zero-order valence-corrected chi connectivity index (χ0v) is 8.58. The zero-order valence-electron chi connectivity index (χ0n) is 6.23. The maximum Gasteiger partial charge on any atom is 0.166 e. The van der Waals surface area contributed by atoms with Gasteiger partial charge in [-0.05, 0) is 34.5 Å². The number of fused-ring (bicyclic) bond motifs is 1. The van der Waals surface area contributed by atoms with Crippen molar-refractivity contribution < 1.29 is 4.84 Å². The maximum absolute atomic E-state index is 5.99. The van der Waals surface area contributed by atoms with Gasteiger partial charge in [-0.15, -0.1) is 0 Å². The molecule has 0 atom stereocenters. The summed E-state index contributed by atoms with van der Waals surface area (Å²) >= 11 is 9.38. The first-order chi connectivity index (χ1) is 5.79. The number of hydroxylamine groups is 1. The molecule has 0 spiro atoms. The van der Waals surface area contributed by atoms with Crippen LogP contribution in [0.15, 0.2) is 16.6 Å². The normalized spacial score (nSPS) is 15.2. The van der Waals surface area contributed by atoms with E-state index in [1.165, 1.54) is 0 Å². The van der Waals surface area contributed by atoms with E-state index in [2.05, 4.69) is 21.4 Å². The van der Waals surface area contributed by atoms with E-state index in [4.69, 9.17) is 16.4 Å². The predicted molar refractivity (Wildman–Crippen MR) is 51.5 cm³/mol. The summed E-state index contributed by atoms with van der Waals surface area (Å²) in [6.07, 6.45) is 0.910. The molecule has 2 rings (SSSR count). The molecule has 64 valence electrons. The Morgan fingerprint density at radius 2 is 2.33 bits per heavy atom. The molecule has 1 aliphatic heterocycles. The van der Waals surface area contributed by atoms with E-state index in [0.717, 1.165) is 33.8 Å². The molecule has 0 aromatic heterocycles. The van der Waals surface area contributed by atoms with Crippen molar-refractivity contribution in [3.63, 3.8) is 0 Å². The number of nitrogens with one attached hydrogen (secondary N) is 1. The first-order valence-electron chi connectivity index (χ1n) is 3.65. The van der Waals surface area contributed by atoms with Gasteiger partial charge in [-0.1, -0.05) is 11.6 Å². The van der Waals surface area contributed by atoms with Gasteiger partial charge >= 0.3 is 0 Å². The van der Waals surface area contributed by atoms with Crippen molar-refractivity contribution in [2.45, 2.75) is 6.42 Å². The highest BCUT2D eigenvalue weighted by atomic mass is 79.9. The van der Waals surface area contributed by atoms with Crippen LogP contribution in [0.5, 0.6) is 5.75 Å². The predicted octanol–water partition coefficient (Wildman–Crippen LogP) is 2.54. The van der Waals surface area contributed by atoms with Crippen molar-refractivity contribution in [2.24, 2.45) is 0 Å². The van der Waals surface area contributed by atoms with Crippen LogP contribution in [0.2, 0.25) is 5.02 Å². The highest BCUT2D eigenvalue weighted by Gasteiger charge is 2.16. The maximum atomic E-state index is 5.99. The van der Waals surface area contributed by atoms with Crippen LogP contribution in [0.1, 0.15) is 5.56 Å². The Morgan fingerprint density at radius 3 is 3.08 bits per heavy atom. The van der Waals surface area contributed by atoms with Gasteiger partial charge in [-0.2, -0.15) is 5.48 Å². The Morgan fingerprint density at radius 1 is 1.50 bits per heavy atom. The Bertz CT molecular complexity index is 285. The molecule has 1 aromatic carbocycles. The molecule has 1 aromatic rings. The third kappa shape index (κ3) is 1.32. The van der Waals surface area contributed by atoms with Crippen molar-refractivity contribution in [3.8, 4) is 5.75 Å². The summed E-state index contributed by atoms with van der Waals surface area (Å²) in [4.78, 5) is 5.25. The van der Waals surface area contributed by atoms with Gasteiger partial charge in [-0.3, -0.25) is 0 Å². The van der Waals surface area contributed by atoms with Crippen molar-refractivity contribution in [2.75, 3.05) is 6.54 Å². The molecule has 0 fully saturated rings. The molecule has 0 saturated carbocycles. The standard InChI is InChI=1S/C8H7BrClNO/c9-6-1-2-7(10)5-3-4-11-12-8(5)6/h1-2,11H,3-4H2. The molecule has 0 radical (unpaired) electrons. The van der Waals surface area contributed by atoms with Crippen molar-refractivity contribution in [1.82, 2.24) is 5.48 Å². The quantitative estimate of drug-likeness (QED) is 0.762. The van der Waals surface area contributed by atoms with Crippen LogP contribution < -0.4 is 10.3 Å². The minimum absolute atomic E-state index is 0.773. The van der Waals surface area contributed by atoms with E-state index in [1.54, 1.807) is 0 Å². The second kappa shape index (κ2) is 3.24. The number of hydrogen-bond acceptors (Lipinski definition) is 2. The molecule has 1 aliphatic rings. The monoisotopic (exact) mass is 247 g/mol. The Labute approximate surface area is 83.9 Å².